The Hall–Kier alpha value is -3.82. The Morgan fingerprint density at radius 2 is 1.72 bits per heavy atom. The van der Waals surface area contributed by atoms with Crippen LogP contribution in [0.2, 0.25) is 5.02 Å². The van der Waals surface area contributed by atoms with E-state index in [-0.39, 0.29) is 0 Å². The summed E-state index contributed by atoms with van der Waals surface area (Å²) in [4.78, 5) is 4.67. The summed E-state index contributed by atoms with van der Waals surface area (Å²) in [5, 5.41) is 4.37. The highest BCUT2D eigenvalue weighted by atomic mass is 35.5. The second-order valence-electron chi connectivity index (χ2n) is 9.38. The van der Waals surface area contributed by atoms with E-state index in [1.54, 1.807) is 0 Å². The van der Waals surface area contributed by atoms with Crippen LogP contribution in [0.25, 0.3) is 0 Å². The van der Waals surface area contributed by atoms with Gasteiger partial charge in [-0.25, -0.2) is 0 Å². The lowest BCUT2D eigenvalue weighted by molar-refractivity contribution is 0.306. The molecule has 4 heteroatoms. The fourth-order valence-corrected chi connectivity index (χ4v) is 5.48. The maximum Gasteiger partial charge on any atom is 0.138 e. The van der Waals surface area contributed by atoms with E-state index in [4.69, 9.17) is 16.3 Å². The van der Waals surface area contributed by atoms with Crippen molar-refractivity contribution in [1.82, 2.24) is 0 Å². The fourth-order valence-electron chi connectivity index (χ4n) is 5.24. The molecule has 0 spiro atoms. The largest absolute Gasteiger partial charge is 0.487 e. The van der Waals surface area contributed by atoms with Gasteiger partial charge in [-0.3, -0.25) is 4.99 Å². The van der Waals surface area contributed by atoms with E-state index in [1.165, 1.54) is 16.8 Å². The number of benzene rings is 4. The molecule has 0 bridgehead atoms. The van der Waals surface area contributed by atoms with E-state index < -0.39 is 0 Å². The van der Waals surface area contributed by atoms with Gasteiger partial charge in [-0.15, -0.1) is 0 Å². The van der Waals surface area contributed by atoms with E-state index in [2.05, 4.69) is 71.0 Å². The van der Waals surface area contributed by atoms with Gasteiger partial charge in [0, 0.05) is 17.8 Å². The lowest BCUT2D eigenvalue weighted by Gasteiger charge is -2.37. The van der Waals surface area contributed by atoms with Crippen LogP contribution in [-0.4, -0.2) is 6.21 Å². The second kappa shape index (κ2) is 10.0. The number of anilines is 1. The molecule has 178 valence electrons. The molecule has 3 nitrogen and oxygen atoms in total. The highest BCUT2D eigenvalue weighted by Gasteiger charge is 2.37. The van der Waals surface area contributed by atoms with Gasteiger partial charge >= 0.3 is 0 Å². The lowest BCUT2D eigenvalue weighted by Crippen LogP contribution is -2.28. The maximum absolute atomic E-state index is 6.47. The minimum absolute atomic E-state index is 0.292. The Morgan fingerprint density at radius 3 is 2.56 bits per heavy atom. The number of nitrogens with one attached hydrogen (secondary N) is 1. The minimum atomic E-state index is 0.292. The smallest absolute Gasteiger partial charge is 0.138 e. The molecule has 36 heavy (non-hydrogen) atoms. The van der Waals surface area contributed by atoms with Crippen LogP contribution in [0.5, 0.6) is 5.75 Å². The number of aliphatic imine (C=N–C) groups is 1. The van der Waals surface area contributed by atoms with Gasteiger partial charge in [0.1, 0.15) is 12.4 Å². The number of fused-ring (bicyclic) bond motifs is 3. The van der Waals surface area contributed by atoms with Crippen molar-refractivity contribution in [2.45, 2.75) is 25.0 Å². The topological polar surface area (TPSA) is 33.6 Å². The molecule has 1 heterocycles. The summed E-state index contributed by atoms with van der Waals surface area (Å²) < 4.78 is 5.88. The maximum atomic E-state index is 6.47. The molecule has 0 aromatic heterocycles. The van der Waals surface area contributed by atoms with E-state index in [0.29, 0.717) is 35.3 Å². The SMILES string of the molecule is Clc1cc(C=Nc2ccc([C@@H]3Nc4ccccc4[C@H]4C=CC[C@H]43)cc2)ccc1OCc1ccccc1. The summed E-state index contributed by atoms with van der Waals surface area (Å²) >= 11 is 6.47. The van der Waals surface area contributed by atoms with Crippen molar-refractivity contribution in [1.29, 1.82) is 0 Å². The van der Waals surface area contributed by atoms with Crippen molar-refractivity contribution in [3.8, 4) is 5.75 Å². The van der Waals surface area contributed by atoms with E-state index >= 15 is 0 Å². The minimum Gasteiger partial charge on any atom is -0.487 e. The van der Waals surface area contributed by atoms with Crippen LogP contribution >= 0.6 is 11.6 Å². The first-order chi connectivity index (χ1) is 17.7. The summed E-state index contributed by atoms with van der Waals surface area (Å²) in [6.07, 6.45) is 7.64. The molecule has 0 radical (unpaired) electrons. The number of allylic oxidation sites excluding steroid dienone is 2. The Balaban J connectivity index is 1.13. The zero-order chi connectivity index (χ0) is 24.3. The Morgan fingerprint density at radius 1 is 0.917 bits per heavy atom. The predicted molar refractivity (Wildman–Crippen MR) is 149 cm³/mol. The summed E-state index contributed by atoms with van der Waals surface area (Å²) in [6, 6.07) is 33.3. The van der Waals surface area contributed by atoms with E-state index in [1.807, 2.05) is 54.7 Å². The van der Waals surface area contributed by atoms with E-state index in [9.17, 15) is 0 Å². The molecule has 0 unspecified atom stereocenters. The molecule has 3 atom stereocenters. The molecule has 6 rings (SSSR count). The second-order valence-corrected chi connectivity index (χ2v) is 9.78. The zero-order valence-corrected chi connectivity index (χ0v) is 20.6. The standard InChI is InChI=1S/C32H27ClN2O/c33-29-19-23(13-18-31(29)36-21-22-7-2-1-3-8-22)20-34-25-16-14-24(15-17-25)32-28-11-6-10-26(28)27-9-4-5-12-30(27)35-32/h1-10,12-20,26,28,32,35H,11,21H2/t26-,28-,32+/m1/s1. The van der Waals surface area contributed by atoms with Crippen molar-refractivity contribution in [2.75, 3.05) is 5.32 Å². The van der Waals surface area contributed by atoms with Crippen LogP contribution in [0.1, 0.15) is 40.6 Å². The van der Waals surface area contributed by atoms with Crippen molar-refractivity contribution >= 4 is 29.2 Å². The normalized spacial score (nSPS) is 20.1. The number of hydrogen-bond donors (Lipinski definition) is 1. The molecule has 0 saturated heterocycles. The van der Waals surface area contributed by atoms with Crippen molar-refractivity contribution in [3.05, 3.63) is 136 Å². The third kappa shape index (κ3) is 4.67. The van der Waals surface area contributed by atoms with Crippen LogP contribution in [0.3, 0.4) is 0 Å². The van der Waals surface area contributed by atoms with Gasteiger partial charge in [-0.05, 0) is 71.0 Å². The van der Waals surface area contributed by atoms with Crippen molar-refractivity contribution in [3.63, 3.8) is 0 Å². The van der Waals surface area contributed by atoms with Crippen LogP contribution in [0.15, 0.2) is 114 Å². The number of para-hydroxylation sites is 1. The molecule has 0 fully saturated rings. The number of ether oxygens (including phenoxy) is 1. The monoisotopic (exact) mass is 490 g/mol. The van der Waals surface area contributed by atoms with Gasteiger partial charge in [0.2, 0.25) is 0 Å². The predicted octanol–water partition coefficient (Wildman–Crippen LogP) is 8.50. The average molecular weight is 491 g/mol. The molecule has 0 amide bonds. The first kappa shape index (κ1) is 22.6. The van der Waals surface area contributed by atoms with Crippen LogP contribution in [0, 0.1) is 5.92 Å². The molecule has 1 aliphatic carbocycles. The lowest BCUT2D eigenvalue weighted by atomic mass is 9.77. The molecular formula is C32H27ClN2O. The van der Waals surface area contributed by atoms with Gasteiger partial charge in [0.15, 0.2) is 0 Å². The third-order valence-electron chi connectivity index (χ3n) is 7.08. The first-order valence-electron chi connectivity index (χ1n) is 12.4. The summed E-state index contributed by atoms with van der Waals surface area (Å²) in [5.41, 5.74) is 6.90. The van der Waals surface area contributed by atoms with Crippen LogP contribution in [0.4, 0.5) is 11.4 Å². The molecule has 0 saturated carbocycles. The van der Waals surface area contributed by atoms with Gasteiger partial charge in [-0.2, -0.15) is 0 Å². The Labute approximate surface area is 217 Å². The van der Waals surface area contributed by atoms with Crippen molar-refractivity contribution < 1.29 is 4.74 Å². The van der Waals surface area contributed by atoms with Gasteiger partial charge in [0.25, 0.3) is 0 Å². The number of halogens is 1. The number of nitrogens with zero attached hydrogens (tertiary/aromatic N) is 1. The first-order valence-corrected chi connectivity index (χ1v) is 12.7. The zero-order valence-electron chi connectivity index (χ0n) is 19.8. The van der Waals surface area contributed by atoms with Gasteiger partial charge < -0.3 is 10.1 Å². The van der Waals surface area contributed by atoms with Crippen LogP contribution in [-0.2, 0) is 6.61 Å². The summed E-state index contributed by atoms with van der Waals surface area (Å²) in [7, 11) is 0. The highest BCUT2D eigenvalue weighted by molar-refractivity contribution is 6.32. The summed E-state index contributed by atoms with van der Waals surface area (Å²) in [6.45, 7) is 0.486. The van der Waals surface area contributed by atoms with Gasteiger partial charge in [-0.1, -0.05) is 84.4 Å². The van der Waals surface area contributed by atoms with Crippen LogP contribution < -0.4 is 10.1 Å². The molecule has 4 aromatic rings. The fraction of sp³-hybridized carbons (Fsp3) is 0.156. The number of hydrogen-bond acceptors (Lipinski definition) is 3. The third-order valence-corrected chi connectivity index (χ3v) is 7.38. The van der Waals surface area contributed by atoms with E-state index in [0.717, 1.165) is 23.2 Å². The highest BCUT2D eigenvalue weighted by Crippen LogP contribution is 2.49. The average Bonchev–Trinajstić information content (AvgIpc) is 3.42. The number of rotatable bonds is 6. The van der Waals surface area contributed by atoms with Gasteiger partial charge in [0.05, 0.1) is 16.8 Å². The molecule has 1 N–H and O–H groups in total. The molecule has 4 aromatic carbocycles. The molecule has 1 aliphatic heterocycles. The van der Waals surface area contributed by atoms with Crippen molar-refractivity contribution in [2.24, 2.45) is 10.9 Å². The molecular weight excluding hydrogens is 464 g/mol. The quantitative estimate of drug-likeness (QED) is 0.217. The summed E-state index contributed by atoms with van der Waals surface area (Å²) in [5.74, 6) is 1.69. The Bertz CT molecular complexity index is 1410. The Kier molecular flexibility index (Phi) is 6.31. The molecule has 2 aliphatic rings.